The SMILES string of the molecule is O=[N+]([O-])c1ccc2nc(NCCc3ccccc3F)sc2c1. The number of halogens is 1. The maximum Gasteiger partial charge on any atom is 0.270 e. The molecule has 1 aromatic heterocycles. The second-order valence-electron chi connectivity index (χ2n) is 4.70. The molecule has 0 aliphatic rings. The van der Waals surface area contributed by atoms with Crippen LogP contribution in [0, 0.1) is 15.9 Å². The molecule has 0 unspecified atom stereocenters. The third-order valence-electron chi connectivity index (χ3n) is 3.21. The second kappa shape index (κ2) is 6.07. The molecule has 3 rings (SSSR count). The molecule has 112 valence electrons. The first-order valence-corrected chi connectivity index (χ1v) is 7.47. The zero-order chi connectivity index (χ0) is 15.5. The molecule has 0 atom stereocenters. The van der Waals surface area contributed by atoms with Crippen molar-refractivity contribution in [2.75, 3.05) is 11.9 Å². The number of nitro groups is 1. The van der Waals surface area contributed by atoms with Gasteiger partial charge < -0.3 is 5.32 Å². The monoisotopic (exact) mass is 317 g/mol. The first-order valence-electron chi connectivity index (χ1n) is 6.66. The molecule has 0 radical (unpaired) electrons. The van der Waals surface area contributed by atoms with Gasteiger partial charge in [0.15, 0.2) is 5.13 Å². The molecule has 0 spiro atoms. The van der Waals surface area contributed by atoms with E-state index in [2.05, 4.69) is 10.3 Å². The van der Waals surface area contributed by atoms with E-state index in [1.54, 1.807) is 24.3 Å². The van der Waals surface area contributed by atoms with E-state index in [1.807, 2.05) is 0 Å². The molecule has 3 aromatic rings. The molecule has 0 aliphatic carbocycles. The number of nitrogens with zero attached hydrogens (tertiary/aromatic N) is 2. The van der Waals surface area contributed by atoms with E-state index < -0.39 is 4.92 Å². The van der Waals surface area contributed by atoms with Gasteiger partial charge in [0, 0.05) is 18.7 Å². The van der Waals surface area contributed by atoms with E-state index in [9.17, 15) is 14.5 Å². The third-order valence-corrected chi connectivity index (χ3v) is 4.19. The van der Waals surface area contributed by atoms with Crippen LogP contribution in [0.4, 0.5) is 15.2 Å². The lowest BCUT2D eigenvalue weighted by atomic mass is 10.1. The van der Waals surface area contributed by atoms with Crippen molar-refractivity contribution in [1.82, 2.24) is 4.98 Å². The van der Waals surface area contributed by atoms with Gasteiger partial charge in [-0.05, 0) is 24.1 Å². The predicted octanol–water partition coefficient (Wildman–Crippen LogP) is 4.00. The molecule has 1 N–H and O–H groups in total. The van der Waals surface area contributed by atoms with Crippen molar-refractivity contribution in [2.24, 2.45) is 0 Å². The molecule has 0 amide bonds. The zero-order valence-corrected chi connectivity index (χ0v) is 12.3. The van der Waals surface area contributed by atoms with Gasteiger partial charge in [-0.3, -0.25) is 10.1 Å². The summed E-state index contributed by atoms with van der Waals surface area (Å²) < 4.78 is 14.3. The molecule has 0 saturated heterocycles. The van der Waals surface area contributed by atoms with E-state index in [-0.39, 0.29) is 11.5 Å². The zero-order valence-electron chi connectivity index (χ0n) is 11.5. The fourth-order valence-corrected chi connectivity index (χ4v) is 3.03. The summed E-state index contributed by atoms with van der Waals surface area (Å²) in [7, 11) is 0. The number of hydrogen-bond acceptors (Lipinski definition) is 5. The van der Waals surface area contributed by atoms with Crippen molar-refractivity contribution in [1.29, 1.82) is 0 Å². The highest BCUT2D eigenvalue weighted by molar-refractivity contribution is 7.22. The average molecular weight is 317 g/mol. The van der Waals surface area contributed by atoms with Crippen LogP contribution in [-0.4, -0.2) is 16.5 Å². The van der Waals surface area contributed by atoms with Crippen molar-refractivity contribution >= 4 is 32.4 Å². The van der Waals surface area contributed by atoms with E-state index in [1.165, 1.54) is 29.5 Å². The topological polar surface area (TPSA) is 68.1 Å². The molecule has 0 aliphatic heterocycles. The summed E-state index contributed by atoms with van der Waals surface area (Å²) in [5, 5.41) is 14.6. The first kappa shape index (κ1) is 14.4. The van der Waals surface area contributed by atoms with Crippen molar-refractivity contribution < 1.29 is 9.31 Å². The van der Waals surface area contributed by atoms with Gasteiger partial charge in [-0.1, -0.05) is 29.5 Å². The molecule has 0 fully saturated rings. The van der Waals surface area contributed by atoms with Crippen molar-refractivity contribution in [3.05, 3.63) is 64.0 Å². The fraction of sp³-hybridized carbons (Fsp3) is 0.133. The lowest BCUT2D eigenvalue weighted by Gasteiger charge is -2.03. The maximum absolute atomic E-state index is 13.5. The van der Waals surface area contributed by atoms with Crippen LogP contribution in [0.25, 0.3) is 10.2 Å². The van der Waals surface area contributed by atoms with Crippen molar-refractivity contribution in [2.45, 2.75) is 6.42 Å². The van der Waals surface area contributed by atoms with E-state index in [0.717, 1.165) is 4.70 Å². The number of hydrogen-bond donors (Lipinski definition) is 1. The number of benzene rings is 2. The summed E-state index contributed by atoms with van der Waals surface area (Å²) in [4.78, 5) is 14.7. The van der Waals surface area contributed by atoms with Crippen molar-refractivity contribution in [3.8, 4) is 0 Å². The molecule has 0 saturated carbocycles. The molecule has 7 heteroatoms. The quantitative estimate of drug-likeness (QED) is 0.570. The number of nitrogens with one attached hydrogen (secondary N) is 1. The molecule has 2 aromatic carbocycles. The van der Waals surface area contributed by atoms with Gasteiger partial charge in [-0.25, -0.2) is 9.37 Å². The first-order chi connectivity index (χ1) is 10.6. The van der Waals surface area contributed by atoms with Gasteiger partial charge in [0.1, 0.15) is 5.82 Å². The van der Waals surface area contributed by atoms with Gasteiger partial charge in [0.05, 0.1) is 15.1 Å². The molecular formula is C15H12FN3O2S. The number of aromatic nitrogens is 1. The van der Waals surface area contributed by atoms with Gasteiger partial charge in [0.25, 0.3) is 5.69 Å². The second-order valence-corrected chi connectivity index (χ2v) is 5.73. The van der Waals surface area contributed by atoms with Crippen LogP contribution >= 0.6 is 11.3 Å². The van der Waals surface area contributed by atoms with E-state index in [4.69, 9.17) is 0 Å². The average Bonchev–Trinajstić information content (AvgIpc) is 2.90. The third kappa shape index (κ3) is 3.04. The minimum Gasteiger partial charge on any atom is -0.361 e. The molecule has 22 heavy (non-hydrogen) atoms. The van der Waals surface area contributed by atoms with Crippen LogP contribution in [0.2, 0.25) is 0 Å². The Morgan fingerprint density at radius 2 is 2.09 bits per heavy atom. The van der Waals surface area contributed by atoms with Crippen LogP contribution in [0.3, 0.4) is 0 Å². The predicted molar refractivity (Wildman–Crippen MR) is 84.9 cm³/mol. The van der Waals surface area contributed by atoms with Crippen LogP contribution in [-0.2, 0) is 6.42 Å². The van der Waals surface area contributed by atoms with Crippen LogP contribution in [0.5, 0.6) is 0 Å². The molecular weight excluding hydrogens is 305 g/mol. The summed E-state index contributed by atoms with van der Waals surface area (Å²) >= 11 is 1.35. The van der Waals surface area contributed by atoms with E-state index in [0.29, 0.717) is 29.2 Å². The summed E-state index contributed by atoms with van der Waals surface area (Å²) in [6.45, 7) is 0.544. The van der Waals surface area contributed by atoms with Gasteiger partial charge in [0.2, 0.25) is 0 Å². The normalized spacial score (nSPS) is 10.8. The van der Waals surface area contributed by atoms with Gasteiger partial charge in [-0.2, -0.15) is 0 Å². The minimum atomic E-state index is -0.426. The molecule has 5 nitrogen and oxygen atoms in total. The van der Waals surface area contributed by atoms with Gasteiger partial charge >= 0.3 is 0 Å². The van der Waals surface area contributed by atoms with Gasteiger partial charge in [-0.15, -0.1) is 0 Å². The van der Waals surface area contributed by atoms with Crippen LogP contribution < -0.4 is 5.32 Å². The Morgan fingerprint density at radius 1 is 1.27 bits per heavy atom. The number of nitro benzene ring substituents is 1. The number of non-ortho nitro benzene ring substituents is 1. The minimum absolute atomic E-state index is 0.0501. The van der Waals surface area contributed by atoms with Crippen molar-refractivity contribution in [3.63, 3.8) is 0 Å². The lowest BCUT2D eigenvalue weighted by Crippen LogP contribution is -2.05. The Morgan fingerprint density at radius 3 is 2.86 bits per heavy atom. The Hall–Kier alpha value is -2.54. The number of thiazole rings is 1. The summed E-state index contributed by atoms with van der Waals surface area (Å²) in [5.74, 6) is -0.218. The Kier molecular flexibility index (Phi) is 3.97. The Bertz CT molecular complexity index is 835. The van der Waals surface area contributed by atoms with Crippen LogP contribution in [0.1, 0.15) is 5.56 Å². The smallest absolute Gasteiger partial charge is 0.270 e. The highest BCUT2D eigenvalue weighted by Gasteiger charge is 2.10. The lowest BCUT2D eigenvalue weighted by molar-refractivity contribution is -0.384. The maximum atomic E-state index is 13.5. The largest absolute Gasteiger partial charge is 0.361 e. The summed E-state index contributed by atoms with van der Waals surface area (Å²) in [6, 6.07) is 11.2. The molecule has 1 heterocycles. The fourth-order valence-electron chi connectivity index (χ4n) is 2.11. The highest BCUT2D eigenvalue weighted by Crippen LogP contribution is 2.29. The Labute approximate surface area is 129 Å². The standard InChI is InChI=1S/C15H12FN3O2S/c16-12-4-2-1-3-10(12)7-8-17-15-18-13-6-5-11(19(20)21)9-14(13)22-15/h1-6,9H,7-8H2,(H,17,18). The number of rotatable bonds is 5. The van der Waals surface area contributed by atoms with E-state index >= 15 is 0 Å². The van der Waals surface area contributed by atoms with Crippen LogP contribution in [0.15, 0.2) is 42.5 Å². The number of fused-ring (bicyclic) bond motifs is 1. The highest BCUT2D eigenvalue weighted by atomic mass is 32.1. The number of anilines is 1. The summed E-state index contributed by atoms with van der Waals surface area (Å²) in [5.41, 5.74) is 1.41. The summed E-state index contributed by atoms with van der Waals surface area (Å²) in [6.07, 6.45) is 0.544. The molecule has 0 bridgehead atoms. The Balaban J connectivity index is 1.69.